The van der Waals surface area contributed by atoms with Crippen LogP contribution in [0.1, 0.15) is 21.5 Å². The van der Waals surface area contributed by atoms with Gasteiger partial charge in [0.05, 0.1) is 6.54 Å². The van der Waals surface area contributed by atoms with Crippen molar-refractivity contribution in [3.63, 3.8) is 0 Å². The molecule has 0 unspecified atom stereocenters. The first-order valence-electron chi connectivity index (χ1n) is 7.42. The molecule has 0 aliphatic rings. The molecule has 23 heavy (non-hydrogen) atoms. The summed E-state index contributed by atoms with van der Waals surface area (Å²) >= 11 is 0. The molecular weight excluding hydrogens is 290 g/mol. The Hall–Kier alpha value is -2.82. The van der Waals surface area contributed by atoms with Crippen LogP contribution in [0.5, 0.6) is 0 Å². The zero-order chi connectivity index (χ0) is 16.8. The second-order valence-electron chi connectivity index (χ2n) is 5.38. The monoisotopic (exact) mass is 311 g/mol. The van der Waals surface area contributed by atoms with Gasteiger partial charge in [0.1, 0.15) is 0 Å². The predicted molar refractivity (Wildman–Crippen MR) is 92.9 cm³/mol. The molecule has 0 radical (unpaired) electrons. The summed E-state index contributed by atoms with van der Waals surface area (Å²) in [6.45, 7) is 4.19. The van der Waals surface area contributed by atoms with Crippen LogP contribution in [-0.4, -0.2) is 25.4 Å². The third-order valence-electron chi connectivity index (χ3n) is 3.46. The largest absolute Gasteiger partial charge is 0.376 e. The summed E-state index contributed by atoms with van der Waals surface area (Å²) in [5, 5.41) is 8.45. The number of hydrogen-bond donors (Lipinski definition) is 3. The van der Waals surface area contributed by atoms with Crippen molar-refractivity contribution in [2.24, 2.45) is 0 Å². The molecule has 0 aliphatic carbocycles. The Balaban J connectivity index is 1.96. The number of aryl methyl sites for hydroxylation is 2. The molecule has 120 valence electrons. The lowest BCUT2D eigenvalue weighted by atomic mass is 10.1. The van der Waals surface area contributed by atoms with Crippen molar-refractivity contribution in [2.45, 2.75) is 13.8 Å². The van der Waals surface area contributed by atoms with Gasteiger partial charge in [0.15, 0.2) is 0 Å². The van der Waals surface area contributed by atoms with E-state index in [0.717, 1.165) is 11.3 Å². The van der Waals surface area contributed by atoms with Gasteiger partial charge in [-0.3, -0.25) is 9.59 Å². The van der Waals surface area contributed by atoms with E-state index in [1.54, 1.807) is 31.3 Å². The number of amides is 2. The minimum atomic E-state index is -0.186. The molecule has 0 aliphatic heterocycles. The number of hydrogen-bond acceptors (Lipinski definition) is 3. The summed E-state index contributed by atoms with van der Waals surface area (Å²) in [5.74, 6) is -0.353. The summed E-state index contributed by atoms with van der Waals surface area (Å²) in [5.41, 5.74) is 4.32. The number of carbonyl (C=O) groups excluding carboxylic acids is 2. The van der Waals surface area contributed by atoms with E-state index in [2.05, 4.69) is 22.0 Å². The molecule has 2 rings (SSSR count). The average Bonchev–Trinajstić information content (AvgIpc) is 2.53. The SMILES string of the molecule is CNC(=O)c1cccc(NC(=O)CNc2ccc(C)cc2C)c1. The molecule has 2 amide bonds. The van der Waals surface area contributed by atoms with Crippen molar-refractivity contribution < 1.29 is 9.59 Å². The van der Waals surface area contributed by atoms with Crippen LogP contribution in [0.2, 0.25) is 0 Å². The van der Waals surface area contributed by atoms with E-state index in [1.165, 1.54) is 5.56 Å². The lowest BCUT2D eigenvalue weighted by Crippen LogP contribution is -2.22. The fraction of sp³-hybridized carbons (Fsp3) is 0.222. The molecule has 0 heterocycles. The van der Waals surface area contributed by atoms with Crippen molar-refractivity contribution in [3.05, 3.63) is 59.2 Å². The van der Waals surface area contributed by atoms with E-state index in [0.29, 0.717) is 11.3 Å². The van der Waals surface area contributed by atoms with Gasteiger partial charge < -0.3 is 16.0 Å². The van der Waals surface area contributed by atoms with Crippen LogP contribution in [0.15, 0.2) is 42.5 Å². The van der Waals surface area contributed by atoms with E-state index >= 15 is 0 Å². The smallest absolute Gasteiger partial charge is 0.251 e. The molecule has 0 spiro atoms. The van der Waals surface area contributed by atoms with Crippen molar-refractivity contribution in [2.75, 3.05) is 24.2 Å². The van der Waals surface area contributed by atoms with Crippen molar-refractivity contribution in [3.8, 4) is 0 Å². The third kappa shape index (κ3) is 4.57. The van der Waals surface area contributed by atoms with Gasteiger partial charge in [0, 0.05) is 24.0 Å². The molecule has 2 aromatic carbocycles. The topological polar surface area (TPSA) is 70.2 Å². The fourth-order valence-electron chi connectivity index (χ4n) is 2.28. The van der Waals surface area contributed by atoms with Crippen LogP contribution in [0.25, 0.3) is 0 Å². The minimum absolute atomic E-state index is 0.161. The zero-order valence-electron chi connectivity index (χ0n) is 13.6. The van der Waals surface area contributed by atoms with Gasteiger partial charge in [0.2, 0.25) is 5.91 Å². The highest BCUT2D eigenvalue weighted by molar-refractivity contribution is 5.98. The van der Waals surface area contributed by atoms with Gasteiger partial charge in [-0.2, -0.15) is 0 Å². The second-order valence-corrected chi connectivity index (χ2v) is 5.38. The molecular formula is C18H21N3O2. The predicted octanol–water partition coefficient (Wildman–Crippen LogP) is 2.71. The first-order valence-corrected chi connectivity index (χ1v) is 7.42. The fourth-order valence-corrected chi connectivity index (χ4v) is 2.28. The maximum atomic E-state index is 12.0. The molecule has 2 aromatic rings. The van der Waals surface area contributed by atoms with Crippen LogP contribution >= 0.6 is 0 Å². The van der Waals surface area contributed by atoms with Gasteiger partial charge in [-0.25, -0.2) is 0 Å². The summed E-state index contributed by atoms with van der Waals surface area (Å²) in [4.78, 5) is 23.6. The maximum absolute atomic E-state index is 12.0. The number of carbonyl (C=O) groups is 2. The van der Waals surface area contributed by atoms with Crippen LogP contribution in [-0.2, 0) is 4.79 Å². The highest BCUT2D eigenvalue weighted by Crippen LogP contribution is 2.16. The molecule has 0 atom stereocenters. The molecule has 5 nitrogen and oxygen atoms in total. The van der Waals surface area contributed by atoms with Crippen LogP contribution < -0.4 is 16.0 Å². The average molecular weight is 311 g/mol. The Bertz CT molecular complexity index is 726. The normalized spacial score (nSPS) is 10.0. The third-order valence-corrected chi connectivity index (χ3v) is 3.46. The van der Waals surface area contributed by atoms with Gasteiger partial charge in [-0.05, 0) is 43.7 Å². The number of benzene rings is 2. The van der Waals surface area contributed by atoms with E-state index in [1.807, 2.05) is 26.0 Å². The van der Waals surface area contributed by atoms with Crippen LogP contribution in [0, 0.1) is 13.8 Å². The molecule has 0 saturated heterocycles. The lowest BCUT2D eigenvalue weighted by molar-refractivity contribution is -0.114. The minimum Gasteiger partial charge on any atom is -0.376 e. The molecule has 5 heteroatoms. The molecule has 0 aromatic heterocycles. The summed E-state index contributed by atoms with van der Waals surface area (Å²) < 4.78 is 0. The molecule has 0 bridgehead atoms. The van der Waals surface area contributed by atoms with Crippen molar-refractivity contribution in [1.82, 2.24) is 5.32 Å². The Labute approximate surface area is 136 Å². The lowest BCUT2D eigenvalue weighted by Gasteiger charge is -2.11. The Morgan fingerprint density at radius 1 is 1.04 bits per heavy atom. The number of rotatable bonds is 5. The molecule has 0 fully saturated rings. The van der Waals surface area contributed by atoms with Gasteiger partial charge in [-0.15, -0.1) is 0 Å². The Morgan fingerprint density at radius 3 is 2.52 bits per heavy atom. The summed E-state index contributed by atoms with van der Waals surface area (Å²) in [7, 11) is 1.57. The highest BCUT2D eigenvalue weighted by Gasteiger charge is 2.07. The van der Waals surface area contributed by atoms with E-state index in [-0.39, 0.29) is 18.4 Å². The van der Waals surface area contributed by atoms with Gasteiger partial charge in [0.25, 0.3) is 5.91 Å². The second kappa shape index (κ2) is 7.45. The first-order chi connectivity index (χ1) is 11.0. The van der Waals surface area contributed by atoms with Crippen LogP contribution in [0.3, 0.4) is 0 Å². The van der Waals surface area contributed by atoms with Crippen LogP contribution in [0.4, 0.5) is 11.4 Å². The van der Waals surface area contributed by atoms with Gasteiger partial charge >= 0.3 is 0 Å². The van der Waals surface area contributed by atoms with Crippen molar-refractivity contribution >= 4 is 23.2 Å². The Kier molecular flexibility index (Phi) is 5.36. The maximum Gasteiger partial charge on any atom is 0.251 e. The quantitative estimate of drug-likeness (QED) is 0.795. The standard InChI is InChI=1S/C18H21N3O2/c1-12-7-8-16(13(2)9-12)20-11-17(22)21-15-6-4-5-14(10-15)18(23)19-3/h4-10,20H,11H2,1-3H3,(H,19,23)(H,21,22). The van der Waals surface area contributed by atoms with E-state index in [9.17, 15) is 9.59 Å². The van der Waals surface area contributed by atoms with E-state index in [4.69, 9.17) is 0 Å². The number of anilines is 2. The van der Waals surface area contributed by atoms with E-state index < -0.39 is 0 Å². The molecule has 0 saturated carbocycles. The summed E-state index contributed by atoms with van der Waals surface area (Å²) in [6, 6.07) is 12.9. The van der Waals surface area contributed by atoms with Gasteiger partial charge in [-0.1, -0.05) is 23.8 Å². The summed E-state index contributed by atoms with van der Waals surface area (Å²) in [6.07, 6.45) is 0. The first kappa shape index (κ1) is 16.5. The molecule has 3 N–H and O–H groups in total. The number of nitrogens with one attached hydrogen (secondary N) is 3. The Morgan fingerprint density at radius 2 is 1.83 bits per heavy atom. The van der Waals surface area contributed by atoms with Crippen molar-refractivity contribution in [1.29, 1.82) is 0 Å². The highest BCUT2D eigenvalue weighted by atomic mass is 16.2. The zero-order valence-corrected chi connectivity index (χ0v) is 13.6.